The molecule has 4 heterocycles. The summed E-state index contributed by atoms with van der Waals surface area (Å²) in [6.45, 7) is 1.63. The van der Waals surface area contributed by atoms with Crippen molar-refractivity contribution in [1.29, 1.82) is 0 Å². The van der Waals surface area contributed by atoms with Crippen LogP contribution in [-0.2, 0) is 12.8 Å². The summed E-state index contributed by atoms with van der Waals surface area (Å²) in [5, 5.41) is 12.8. The van der Waals surface area contributed by atoms with E-state index in [2.05, 4.69) is 26.5 Å². The lowest BCUT2D eigenvalue weighted by molar-refractivity contribution is 0.0989. The van der Waals surface area contributed by atoms with Gasteiger partial charge in [0, 0.05) is 29.9 Å². The van der Waals surface area contributed by atoms with Gasteiger partial charge in [-0.15, -0.1) is 5.10 Å². The van der Waals surface area contributed by atoms with Crippen molar-refractivity contribution in [2.24, 2.45) is 0 Å². The number of tetrazole rings is 1. The zero-order chi connectivity index (χ0) is 25.8. The number of methoxy groups -OCH3 is 1. The molecule has 3 aliphatic rings. The first-order valence-electron chi connectivity index (χ1n) is 12.6. The fourth-order valence-electron chi connectivity index (χ4n) is 5.78. The molecule has 38 heavy (non-hydrogen) atoms. The minimum atomic E-state index is -0.289. The summed E-state index contributed by atoms with van der Waals surface area (Å²) >= 11 is 0. The van der Waals surface area contributed by atoms with Crippen molar-refractivity contribution in [3.63, 3.8) is 0 Å². The molecular weight excluding hydrogens is 484 g/mol. The lowest BCUT2D eigenvalue weighted by atomic mass is 9.90. The van der Waals surface area contributed by atoms with Crippen molar-refractivity contribution >= 4 is 11.6 Å². The monoisotopic (exact) mass is 510 g/mol. The van der Waals surface area contributed by atoms with E-state index < -0.39 is 0 Å². The third-order valence-electron chi connectivity index (χ3n) is 7.60. The lowest BCUT2D eigenvalue weighted by Crippen LogP contribution is -2.35. The number of nitrogens with zero attached hydrogens (tertiary/aromatic N) is 6. The number of ether oxygens (including phenoxy) is 3. The largest absolute Gasteiger partial charge is 0.492 e. The van der Waals surface area contributed by atoms with Crippen LogP contribution in [0.15, 0.2) is 54.6 Å². The maximum atomic E-state index is 13.5. The summed E-state index contributed by atoms with van der Waals surface area (Å²) in [6, 6.07) is 17.3. The number of fused-ring (bicyclic) bond motifs is 3. The number of amides is 1. The molecule has 0 saturated heterocycles. The molecule has 0 fully saturated rings. The second-order valence-corrected chi connectivity index (χ2v) is 9.68. The van der Waals surface area contributed by atoms with Crippen LogP contribution in [0.25, 0.3) is 5.69 Å². The predicted molar refractivity (Wildman–Crippen MR) is 138 cm³/mol. The molecule has 0 N–H and O–H groups in total. The number of para-hydroxylation sites is 1. The Hall–Kier alpha value is -4.44. The summed E-state index contributed by atoms with van der Waals surface area (Å²) in [6.07, 6.45) is 1.69. The Balaban J connectivity index is 1.29. The van der Waals surface area contributed by atoms with Crippen molar-refractivity contribution in [2.75, 3.05) is 38.9 Å². The molecule has 1 atom stereocenters. The molecule has 0 aliphatic carbocycles. The number of aromatic nitrogens is 4. The fraction of sp³-hybridized carbons (Fsp3) is 0.286. The number of carbonyl (C=O) groups excluding carboxylic acids is 1. The Morgan fingerprint density at radius 3 is 2.79 bits per heavy atom. The Labute approximate surface area is 219 Å². The number of likely N-dealkylation sites (N-methyl/N-ethyl adjacent to an activating group) is 1. The van der Waals surface area contributed by atoms with Crippen LogP contribution in [0.2, 0.25) is 0 Å². The van der Waals surface area contributed by atoms with Crippen LogP contribution in [-0.4, -0.2) is 65.1 Å². The topological polar surface area (TPSA) is 94.8 Å². The van der Waals surface area contributed by atoms with Crippen LogP contribution in [0.5, 0.6) is 17.2 Å². The summed E-state index contributed by atoms with van der Waals surface area (Å²) in [7, 11) is 3.68. The summed E-state index contributed by atoms with van der Waals surface area (Å²) in [5.74, 6) is 2.52. The van der Waals surface area contributed by atoms with E-state index in [4.69, 9.17) is 14.2 Å². The van der Waals surface area contributed by atoms with Gasteiger partial charge in [-0.2, -0.15) is 4.68 Å². The molecule has 192 valence electrons. The quantitative estimate of drug-likeness (QED) is 0.413. The van der Waals surface area contributed by atoms with E-state index in [0.717, 1.165) is 36.2 Å². The number of carbonyl (C=O) groups is 1. The zero-order valence-corrected chi connectivity index (χ0v) is 21.1. The number of anilines is 1. The van der Waals surface area contributed by atoms with Crippen molar-refractivity contribution in [2.45, 2.75) is 18.9 Å². The van der Waals surface area contributed by atoms with Gasteiger partial charge in [0.25, 0.3) is 5.91 Å². The predicted octanol–water partition coefficient (Wildman–Crippen LogP) is 3.18. The van der Waals surface area contributed by atoms with Gasteiger partial charge in [-0.05, 0) is 71.8 Å². The number of hydrogen-bond acceptors (Lipinski definition) is 8. The summed E-state index contributed by atoms with van der Waals surface area (Å²) in [4.78, 5) is 17.6. The molecule has 1 aromatic heterocycles. The van der Waals surface area contributed by atoms with Gasteiger partial charge in [0.05, 0.1) is 12.8 Å². The molecule has 7 rings (SSSR count). The molecule has 1 amide bonds. The average Bonchev–Trinajstić information content (AvgIpc) is 3.71. The molecule has 3 aromatic carbocycles. The molecule has 10 nitrogen and oxygen atoms in total. The molecule has 0 unspecified atom stereocenters. The van der Waals surface area contributed by atoms with E-state index >= 15 is 0 Å². The van der Waals surface area contributed by atoms with Crippen LogP contribution in [0, 0.1) is 0 Å². The van der Waals surface area contributed by atoms with E-state index in [9.17, 15) is 4.79 Å². The molecule has 0 bridgehead atoms. The van der Waals surface area contributed by atoms with Crippen LogP contribution in [0.3, 0.4) is 0 Å². The van der Waals surface area contributed by atoms with Crippen LogP contribution in [0.1, 0.15) is 38.9 Å². The van der Waals surface area contributed by atoms with Crippen molar-refractivity contribution in [1.82, 2.24) is 25.1 Å². The Bertz CT molecular complexity index is 1570. The number of rotatable bonds is 4. The van der Waals surface area contributed by atoms with Gasteiger partial charge < -0.3 is 19.1 Å². The van der Waals surface area contributed by atoms with Gasteiger partial charge in [0.15, 0.2) is 17.3 Å². The van der Waals surface area contributed by atoms with Crippen molar-refractivity contribution in [3.05, 3.63) is 82.7 Å². The molecule has 3 aliphatic heterocycles. The second-order valence-electron chi connectivity index (χ2n) is 9.68. The zero-order valence-electron chi connectivity index (χ0n) is 21.1. The third-order valence-corrected chi connectivity index (χ3v) is 7.60. The van der Waals surface area contributed by atoms with E-state index in [1.54, 1.807) is 11.8 Å². The summed E-state index contributed by atoms with van der Waals surface area (Å²) in [5.41, 5.74) is 5.52. The lowest BCUT2D eigenvalue weighted by Gasteiger charge is -2.34. The van der Waals surface area contributed by atoms with Crippen LogP contribution >= 0.6 is 0 Å². The third kappa shape index (κ3) is 3.44. The highest BCUT2D eigenvalue weighted by Gasteiger charge is 2.38. The SMILES string of the molecule is COc1c2c(cc3c1[C@@H](c1nnnn1-c1cccc(C(=O)N4CCc5ccccc54)c1)N(C)CC3)OCO2. The molecule has 0 spiro atoms. The maximum absolute atomic E-state index is 13.5. The second kappa shape index (κ2) is 8.84. The van der Waals surface area contributed by atoms with Crippen molar-refractivity contribution in [3.8, 4) is 22.9 Å². The van der Waals surface area contributed by atoms with E-state index in [-0.39, 0.29) is 18.7 Å². The van der Waals surface area contributed by atoms with Gasteiger partial charge in [-0.1, -0.05) is 24.3 Å². The molecular formula is C28H26N6O4. The highest BCUT2D eigenvalue weighted by atomic mass is 16.7. The van der Waals surface area contributed by atoms with Gasteiger partial charge >= 0.3 is 0 Å². The number of hydrogen-bond donors (Lipinski definition) is 0. The standard InChI is InChI=1S/C28H26N6O4/c1-32-12-10-18-15-22-25(38-16-37-22)26(36-2)23(18)24(32)27-29-30-31-34(27)20-8-5-7-19(14-20)28(35)33-13-11-17-6-3-4-9-21(17)33/h3-9,14-15,24H,10-13,16H2,1-2H3/t24-/m0/s1. The first-order valence-corrected chi connectivity index (χ1v) is 12.6. The normalized spacial score (nSPS) is 17.8. The van der Waals surface area contributed by atoms with Crippen molar-refractivity contribution < 1.29 is 19.0 Å². The van der Waals surface area contributed by atoms with E-state index in [1.807, 2.05) is 60.5 Å². The van der Waals surface area contributed by atoms with E-state index in [0.29, 0.717) is 40.9 Å². The minimum absolute atomic E-state index is 0.0408. The first-order chi connectivity index (χ1) is 18.6. The van der Waals surface area contributed by atoms with Gasteiger partial charge in [0.1, 0.15) is 6.04 Å². The highest BCUT2D eigenvalue weighted by molar-refractivity contribution is 6.07. The van der Waals surface area contributed by atoms with Gasteiger partial charge in [-0.3, -0.25) is 9.69 Å². The molecule has 0 radical (unpaired) electrons. The van der Waals surface area contributed by atoms with E-state index in [1.165, 1.54) is 5.56 Å². The maximum Gasteiger partial charge on any atom is 0.258 e. The van der Waals surface area contributed by atoms with Crippen LogP contribution < -0.4 is 19.1 Å². The fourth-order valence-corrected chi connectivity index (χ4v) is 5.78. The average molecular weight is 511 g/mol. The highest BCUT2D eigenvalue weighted by Crippen LogP contribution is 2.50. The Kier molecular flexibility index (Phi) is 5.29. The summed E-state index contributed by atoms with van der Waals surface area (Å²) < 4.78 is 19.0. The molecule has 0 saturated carbocycles. The van der Waals surface area contributed by atoms with Gasteiger partial charge in [0.2, 0.25) is 12.5 Å². The van der Waals surface area contributed by atoms with Crippen LogP contribution in [0.4, 0.5) is 5.69 Å². The first kappa shape index (κ1) is 22.7. The Morgan fingerprint density at radius 1 is 1.03 bits per heavy atom. The smallest absolute Gasteiger partial charge is 0.258 e. The minimum Gasteiger partial charge on any atom is -0.492 e. The molecule has 4 aromatic rings. The molecule has 10 heteroatoms. The number of benzene rings is 3. The Morgan fingerprint density at radius 2 is 1.89 bits per heavy atom. The van der Waals surface area contributed by atoms with Gasteiger partial charge in [-0.25, -0.2) is 0 Å².